The molecule has 0 unspecified atom stereocenters. The molecule has 5 heteroatoms. The molecule has 0 aliphatic rings. The molecule has 0 aromatic heterocycles. The van der Waals surface area contributed by atoms with Gasteiger partial charge in [-0.05, 0) is 29.8 Å². The lowest BCUT2D eigenvalue weighted by molar-refractivity contribution is 0.575. The lowest BCUT2D eigenvalue weighted by Gasteiger charge is -2.20. The highest BCUT2D eigenvalue weighted by Gasteiger charge is 2.15. The topological polar surface area (TPSA) is 27.0 Å². The second-order valence-electron chi connectivity index (χ2n) is 4.39. The molecule has 2 nitrogen and oxygen atoms in total. The number of rotatable bonds is 3. The van der Waals surface area contributed by atoms with Crippen LogP contribution in [0, 0.1) is 28.8 Å². The molecule has 0 N–H and O–H groups in total. The summed E-state index contributed by atoms with van der Waals surface area (Å²) in [5.74, 6) is -2.04. The molecule has 0 aliphatic carbocycles. The summed E-state index contributed by atoms with van der Waals surface area (Å²) >= 11 is 0. The van der Waals surface area contributed by atoms with Crippen LogP contribution < -0.4 is 4.90 Å². The summed E-state index contributed by atoms with van der Waals surface area (Å²) in [6.45, 7) is 0.150. The fourth-order valence-corrected chi connectivity index (χ4v) is 1.98. The van der Waals surface area contributed by atoms with Crippen LogP contribution in [0.4, 0.5) is 18.9 Å². The first kappa shape index (κ1) is 13.9. The van der Waals surface area contributed by atoms with Crippen molar-refractivity contribution in [2.75, 3.05) is 11.9 Å². The van der Waals surface area contributed by atoms with Crippen molar-refractivity contribution in [2.45, 2.75) is 6.54 Å². The van der Waals surface area contributed by atoms with Gasteiger partial charge >= 0.3 is 0 Å². The number of benzene rings is 2. The summed E-state index contributed by atoms with van der Waals surface area (Å²) in [7, 11) is 1.50. The van der Waals surface area contributed by atoms with Crippen molar-refractivity contribution in [3.8, 4) is 6.07 Å². The van der Waals surface area contributed by atoms with Crippen LogP contribution in [0.25, 0.3) is 0 Å². The monoisotopic (exact) mass is 276 g/mol. The van der Waals surface area contributed by atoms with Crippen molar-refractivity contribution in [1.82, 2.24) is 0 Å². The fraction of sp³-hybridized carbons (Fsp3) is 0.133. The van der Waals surface area contributed by atoms with Gasteiger partial charge in [0.15, 0.2) is 11.6 Å². The first-order valence-corrected chi connectivity index (χ1v) is 5.86. The predicted octanol–water partition coefficient (Wildman–Crippen LogP) is 3.61. The van der Waals surface area contributed by atoms with Gasteiger partial charge in [0.25, 0.3) is 0 Å². The zero-order valence-electron chi connectivity index (χ0n) is 10.7. The van der Waals surface area contributed by atoms with Crippen LogP contribution in [-0.4, -0.2) is 7.05 Å². The van der Waals surface area contributed by atoms with Crippen LogP contribution in [0.3, 0.4) is 0 Å². The normalized spacial score (nSPS) is 10.2. The van der Waals surface area contributed by atoms with E-state index in [2.05, 4.69) is 0 Å². The minimum Gasteiger partial charge on any atom is -0.366 e. The molecule has 0 bridgehead atoms. The highest BCUT2D eigenvalue weighted by Crippen LogP contribution is 2.25. The van der Waals surface area contributed by atoms with Crippen LogP contribution >= 0.6 is 0 Å². The Balaban J connectivity index is 2.30. The maximum absolute atomic E-state index is 13.8. The van der Waals surface area contributed by atoms with Crippen LogP contribution in [0.15, 0.2) is 36.4 Å². The molecule has 0 amide bonds. The van der Waals surface area contributed by atoms with Crippen LogP contribution in [0.1, 0.15) is 11.1 Å². The Morgan fingerprint density at radius 1 is 1.10 bits per heavy atom. The largest absolute Gasteiger partial charge is 0.366 e. The van der Waals surface area contributed by atoms with E-state index >= 15 is 0 Å². The van der Waals surface area contributed by atoms with E-state index in [1.807, 2.05) is 0 Å². The third-order valence-corrected chi connectivity index (χ3v) is 2.84. The van der Waals surface area contributed by atoms with Gasteiger partial charge in [-0.3, -0.25) is 0 Å². The van der Waals surface area contributed by atoms with Gasteiger partial charge in [-0.15, -0.1) is 0 Å². The molecule has 2 rings (SSSR count). The van der Waals surface area contributed by atoms with Gasteiger partial charge in [0.2, 0.25) is 0 Å². The predicted molar refractivity (Wildman–Crippen MR) is 69.6 cm³/mol. The molecular formula is C15H11F3N2. The number of hydrogen-bond donors (Lipinski definition) is 0. The summed E-state index contributed by atoms with van der Waals surface area (Å²) in [5.41, 5.74) is 0.270. The molecule has 0 saturated heterocycles. The summed E-state index contributed by atoms with van der Waals surface area (Å²) in [5, 5.41) is 8.64. The van der Waals surface area contributed by atoms with Crippen molar-refractivity contribution in [1.29, 1.82) is 5.26 Å². The van der Waals surface area contributed by atoms with Gasteiger partial charge in [0.1, 0.15) is 11.5 Å². The average Bonchev–Trinajstić information content (AvgIpc) is 2.37. The molecule has 2 aromatic carbocycles. The van der Waals surface area contributed by atoms with Crippen molar-refractivity contribution in [2.24, 2.45) is 0 Å². The van der Waals surface area contributed by atoms with Gasteiger partial charge in [-0.2, -0.15) is 5.26 Å². The zero-order chi connectivity index (χ0) is 14.7. The Labute approximate surface area is 114 Å². The number of hydrogen-bond acceptors (Lipinski definition) is 2. The Morgan fingerprint density at radius 2 is 1.75 bits per heavy atom. The third kappa shape index (κ3) is 2.91. The molecule has 0 saturated carbocycles. The molecule has 0 atom stereocenters. The first-order chi connectivity index (χ1) is 9.51. The summed E-state index contributed by atoms with van der Waals surface area (Å²) in [6, 6.07) is 9.43. The quantitative estimate of drug-likeness (QED) is 0.856. The van der Waals surface area contributed by atoms with Gasteiger partial charge in [-0.25, -0.2) is 13.2 Å². The molecule has 2 aromatic rings. The number of anilines is 1. The minimum absolute atomic E-state index is 0.0806. The summed E-state index contributed by atoms with van der Waals surface area (Å²) in [6.07, 6.45) is 0. The molecule has 0 fully saturated rings. The van der Waals surface area contributed by atoms with Crippen molar-refractivity contribution >= 4 is 5.69 Å². The average molecular weight is 276 g/mol. The van der Waals surface area contributed by atoms with Crippen molar-refractivity contribution in [3.05, 3.63) is 65.0 Å². The molecule has 0 aliphatic heterocycles. The highest BCUT2D eigenvalue weighted by atomic mass is 19.1. The summed E-state index contributed by atoms with van der Waals surface area (Å²) < 4.78 is 40.7. The first-order valence-electron chi connectivity index (χ1n) is 5.86. The van der Waals surface area contributed by atoms with E-state index in [9.17, 15) is 13.2 Å². The van der Waals surface area contributed by atoms with Gasteiger partial charge in [0, 0.05) is 13.6 Å². The molecule has 0 radical (unpaired) electrons. The van der Waals surface area contributed by atoms with E-state index in [1.54, 1.807) is 12.1 Å². The molecular weight excluding hydrogens is 265 g/mol. The SMILES string of the molecule is CN(Cc1cccc(F)c1)c1c(F)cc(C#N)cc1F. The van der Waals surface area contributed by atoms with E-state index in [1.165, 1.54) is 30.1 Å². The fourth-order valence-electron chi connectivity index (χ4n) is 1.98. The van der Waals surface area contributed by atoms with Gasteiger partial charge in [-0.1, -0.05) is 12.1 Å². The van der Waals surface area contributed by atoms with E-state index in [0.29, 0.717) is 5.56 Å². The van der Waals surface area contributed by atoms with Gasteiger partial charge in [0.05, 0.1) is 11.6 Å². The maximum Gasteiger partial charge on any atom is 0.150 e. The van der Waals surface area contributed by atoms with E-state index in [-0.39, 0.29) is 17.8 Å². The number of nitrogens with zero attached hydrogens (tertiary/aromatic N) is 2. The van der Waals surface area contributed by atoms with E-state index in [0.717, 1.165) is 12.1 Å². The summed E-state index contributed by atoms with van der Waals surface area (Å²) in [4.78, 5) is 1.33. The van der Waals surface area contributed by atoms with Crippen LogP contribution in [-0.2, 0) is 6.54 Å². The lowest BCUT2D eigenvalue weighted by atomic mass is 10.1. The smallest absolute Gasteiger partial charge is 0.150 e. The molecule has 102 valence electrons. The third-order valence-electron chi connectivity index (χ3n) is 2.84. The second kappa shape index (κ2) is 5.66. The Hall–Kier alpha value is -2.48. The van der Waals surface area contributed by atoms with E-state index < -0.39 is 17.5 Å². The highest BCUT2D eigenvalue weighted by molar-refractivity contribution is 5.52. The van der Waals surface area contributed by atoms with Crippen molar-refractivity contribution < 1.29 is 13.2 Å². The molecule has 20 heavy (non-hydrogen) atoms. The van der Waals surface area contributed by atoms with Crippen LogP contribution in [0.2, 0.25) is 0 Å². The van der Waals surface area contributed by atoms with Crippen LogP contribution in [0.5, 0.6) is 0 Å². The zero-order valence-corrected chi connectivity index (χ0v) is 10.7. The van der Waals surface area contributed by atoms with Gasteiger partial charge < -0.3 is 4.90 Å². The molecule has 0 spiro atoms. The van der Waals surface area contributed by atoms with E-state index in [4.69, 9.17) is 5.26 Å². The Morgan fingerprint density at radius 3 is 2.30 bits per heavy atom. The standard InChI is InChI=1S/C15H11F3N2/c1-20(9-10-3-2-4-12(16)5-10)15-13(17)6-11(8-19)7-14(15)18/h2-7H,9H2,1H3. The van der Waals surface area contributed by atoms with Crippen molar-refractivity contribution in [3.63, 3.8) is 0 Å². The Bertz CT molecular complexity index is 654. The minimum atomic E-state index is -0.819. The second-order valence-corrected chi connectivity index (χ2v) is 4.39. The Kier molecular flexibility index (Phi) is 3.94. The number of nitriles is 1. The lowest BCUT2D eigenvalue weighted by Crippen LogP contribution is -2.19. The maximum atomic E-state index is 13.8. The number of halogens is 3. The molecule has 0 heterocycles.